The van der Waals surface area contributed by atoms with Crippen LogP contribution in [0.3, 0.4) is 0 Å². The average molecular weight is 400 g/mol. The second-order valence-electron chi connectivity index (χ2n) is 6.90. The van der Waals surface area contributed by atoms with Crippen molar-refractivity contribution >= 4 is 28.7 Å². The van der Waals surface area contributed by atoms with Crippen LogP contribution in [0.2, 0.25) is 5.02 Å². The fourth-order valence-corrected chi connectivity index (χ4v) is 3.72. The van der Waals surface area contributed by atoms with Gasteiger partial charge in [0.1, 0.15) is 11.3 Å². The van der Waals surface area contributed by atoms with Gasteiger partial charge < -0.3 is 19.4 Å². The molecule has 0 unspecified atom stereocenters. The van der Waals surface area contributed by atoms with Crippen molar-refractivity contribution in [3.05, 3.63) is 58.9 Å². The molecule has 2 heterocycles. The molecule has 7 heteroatoms. The van der Waals surface area contributed by atoms with Crippen LogP contribution in [0.5, 0.6) is 5.75 Å². The zero-order valence-corrected chi connectivity index (χ0v) is 16.4. The summed E-state index contributed by atoms with van der Waals surface area (Å²) >= 11 is 6.02. The van der Waals surface area contributed by atoms with Crippen molar-refractivity contribution in [2.45, 2.75) is 25.3 Å². The predicted octanol–water partition coefficient (Wildman–Crippen LogP) is 4.58. The van der Waals surface area contributed by atoms with Crippen LogP contribution in [-0.2, 0) is 6.54 Å². The number of aromatic nitrogens is 1. The Balaban J connectivity index is 1.33. The summed E-state index contributed by atoms with van der Waals surface area (Å²) in [6.07, 6.45) is 1.64. The number of hydrogen-bond donors (Lipinski definition) is 1. The molecule has 1 aliphatic heterocycles. The monoisotopic (exact) mass is 399 g/mol. The summed E-state index contributed by atoms with van der Waals surface area (Å²) in [5.74, 6) is 1.72. The highest BCUT2D eigenvalue weighted by molar-refractivity contribution is 6.31. The molecule has 0 atom stereocenters. The van der Waals surface area contributed by atoms with E-state index in [-0.39, 0.29) is 11.9 Å². The number of nitrogens with zero attached hydrogens (tertiary/aromatic N) is 2. The maximum Gasteiger partial charge on any atom is 0.317 e. The molecular formula is C21H22ClN3O3. The van der Waals surface area contributed by atoms with E-state index in [1.807, 2.05) is 41.3 Å². The van der Waals surface area contributed by atoms with Crippen molar-refractivity contribution in [3.8, 4) is 5.75 Å². The summed E-state index contributed by atoms with van der Waals surface area (Å²) in [7, 11) is 1.63. The molecule has 2 aromatic carbocycles. The third-order valence-electron chi connectivity index (χ3n) is 5.12. The number of hydrogen-bond acceptors (Lipinski definition) is 4. The van der Waals surface area contributed by atoms with Crippen molar-refractivity contribution in [2.75, 3.05) is 20.2 Å². The summed E-state index contributed by atoms with van der Waals surface area (Å²) in [4.78, 5) is 18.9. The van der Waals surface area contributed by atoms with E-state index in [4.69, 9.17) is 20.8 Å². The van der Waals surface area contributed by atoms with Crippen LogP contribution >= 0.6 is 11.6 Å². The Hall–Kier alpha value is -2.73. The number of ether oxygens (including phenoxy) is 1. The van der Waals surface area contributed by atoms with E-state index >= 15 is 0 Å². The van der Waals surface area contributed by atoms with E-state index in [1.54, 1.807) is 13.2 Å². The highest BCUT2D eigenvalue weighted by Crippen LogP contribution is 2.30. The fraction of sp³-hybridized carbons (Fsp3) is 0.333. The topological polar surface area (TPSA) is 67.6 Å². The van der Waals surface area contributed by atoms with E-state index in [9.17, 15) is 4.79 Å². The van der Waals surface area contributed by atoms with Crippen molar-refractivity contribution in [3.63, 3.8) is 0 Å². The minimum Gasteiger partial charge on any atom is -0.496 e. The Morgan fingerprint density at radius 2 is 2.07 bits per heavy atom. The van der Waals surface area contributed by atoms with Gasteiger partial charge >= 0.3 is 6.03 Å². The molecule has 1 N–H and O–H groups in total. The molecule has 1 aliphatic rings. The minimum atomic E-state index is -0.0614. The van der Waals surface area contributed by atoms with E-state index in [0.29, 0.717) is 24.7 Å². The van der Waals surface area contributed by atoms with Crippen LogP contribution in [0.1, 0.15) is 30.2 Å². The molecule has 4 rings (SSSR count). The summed E-state index contributed by atoms with van der Waals surface area (Å²) in [5, 5.41) is 3.63. The van der Waals surface area contributed by atoms with Crippen molar-refractivity contribution in [2.24, 2.45) is 0 Å². The first-order valence-electron chi connectivity index (χ1n) is 9.34. The first-order valence-corrected chi connectivity index (χ1v) is 9.72. The molecule has 3 aromatic rings. The van der Waals surface area contributed by atoms with E-state index in [2.05, 4.69) is 10.3 Å². The molecule has 0 aliphatic carbocycles. The predicted molar refractivity (Wildman–Crippen MR) is 108 cm³/mol. The molecule has 2 amide bonds. The Morgan fingerprint density at radius 3 is 2.86 bits per heavy atom. The molecule has 146 valence electrons. The van der Waals surface area contributed by atoms with Gasteiger partial charge in [0.05, 0.1) is 7.11 Å². The SMILES string of the molecule is COc1ccccc1CNC(=O)N1CCC(c2nc3cc(Cl)ccc3o2)CC1. The second-order valence-corrected chi connectivity index (χ2v) is 7.33. The number of urea groups is 1. The van der Waals surface area contributed by atoms with E-state index in [1.165, 1.54) is 0 Å². The Kier molecular flexibility index (Phi) is 5.39. The van der Waals surface area contributed by atoms with Crippen LogP contribution < -0.4 is 10.1 Å². The van der Waals surface area contributed by atoms with Gasteiger partial charge in [-0.05, 0) is 37.1 Å². The van der Waals surface area contributed by atoms with E-state index < -0.39 is 0 Å². The van der Waals surface area contributed by atoms with Gasteiger partial charge in [0.25, 0.3) is 0 Å². The van der Waals surface area contributed by atoms with Crippen molar-refractivity contribution in [1.29, 1.82) is 0 Å². The summed E-state index contributed by atoms with van der Waals surface area (Å²) < 4.78 is 11.2. The Bertz CT molecular complexity index is 980. The molecular weight excluding hydrogens is 378 g/mol. The van der Waals surface area contributed by atoms with Crippen LogP contribution in [0.4, 0.5) is 4.79 Å². The van der Waals surface area contributed by atoms with Crippen LogP contribution in [0.25, 0.3) is 11.1 Å². The number of oxazole rings is 1. The van der Waals surface area contributed by atoms with Gasteiger partial charge in [0, 0.05) is 36.1 Å². The maximum atomic E-state index is 12.5. The van der Waals surface area contributed by atoms with Gasteiger partial charge in [-0.15, -0.1) is 0 Å². The van der Waals surface area contributed by atoms with E-state index in [0.717, 1.165) is 41.1 Å². The normalized spacial score (nSPS) is 15.0. The van der Waals surface area contributed by atoms with Crippen LogP contribution in [-0.4, -0.2) is 36.1 Å². The quantitative estimate of drug-likeness (QED) is 0.697. The maximum absolute atomic E-state index is 12.5. The number of benzene rings is 2. The number of carbonyl (C=O) groups excluding carboxylic acids is 1. The second kappa shape index (κ2) is 8.10. The minimum absolute atomic E-state index is 0.0614. The van der Waals surface area contributed by atoms with Gasteiger partial charge in [-0.25, -0.2) is 9.78 Å². The smallest absolute Gasteiger partial charge is 0.317 e. The highest BCUT2D eigenvalue weighted by Gasteiger charge is 2.27. The summed E-state index contributed by atoms with van der Waals surface area (Å²) in [6, 6.07) is 13.1. The Labute approximate surface area is 168 Å². The first kappa shape index (κ1) is 18.6. The molecule has 1 saturated heterocycles. The molecule has 1 fully saturated rings. The number of amides is 2. The lowest BCUT2D eigenvalue weighted by molar-refractivity contribution is 0.177. The van der Waals surface area contributed by atoms with Crippen molar-refractivity contribution in [1.82, 2.24) is 15.2 Å². The molecule has 0 bridgehead atoms. The van der Waals surface area contributed by atoms with Crippen LogP contribution in [0, 0.1) is 0 Å². The number of para-hydroxylation sites is 1. The molecule has 0 spiro atoms. The number of halogens is 1. The lowest BCUT2D eigenvalue weighted by atomic mass is 9.97. The molecule has 0 radical (unpaired) electrons. The van der Waals surface area contributed by atoms with Gasteiger partial charge in [-0.3, -0.25) is 0 Å². The summed E-state index contributed by atoms with van der Waals surface area (Å²) in [6.45, 7) is 1.78. The van der Waals surface area contributed by atoms with Crippen LogP contribution in [0.15, 0.2) is 46.9 Å². The van der Waals surface area contributed by atoms with Gasteiger partial charge in [0.2, 0.25) is 0 Å². The molecule has 0 saturated carbocycles. The number of nitrogens with one attached hydrogen (secondary N) is 1. The third-order valence-corrected chi connectivity index (χ3v) is 5.36. The standard InChI is InChI=1S/C21H22ClN3O3/c1-27-18-5-3-2-4-15(18)13-23-21(26)25-10-8-14(9-11-25)20-24-17-12-16(22)6-7-19(17)28-20/h2-7,12,14H,8-11,13H2,1H3,(H,23,26). The van der Waals surface area contributed by atoms with Gasteiger partial charge in [-0.1, -0.05) is 29.8 Å². The number of fused-ring (bicyclic) bond motifs is 1. The Morgan fingerprint density at radius 1 is 1.29 bits per heavy atom. The number of likely N-dealkylation sites (tertiary alicyclic amines) is 1. The highest BCUT2D eigenvalue weighted by atomic mass is 35.5. The lowest BCUT2D eigenvalue weighted by Gasteiger charge is -2.30. The fourth-order valence-electron chi connectivity index (χ4n) is 3.55. The zero-order chi connectivity index (χ0) is 19.5. The average Bonchev–Trinajstić information content (AvgIpc) is 3.15. The van der Waals surface area contributed by atoms with Gasteiger partial charge in [0.15, 0.2) is 11.5 Å². The number of piperidine rings is 1. The van der Waals surface area contributed by atoms with Crippen molar-refractivity contribution < 1.29 is 13.9 Å². The summed E-state index contributed by atoms with van der Waals surface area (Å²) in [5.41, 5.74) is 2.48. The number of rotatable bonds is 4. The zero-order valence-electron chi connectivity index (χ0n) is 15.7. The third kappa shape index (κ3) is 3.92. The molecule has 1 aromatic heterocycles. The number of carbonyl (C=O) groups is 1. The van der Waals surface area contributed by atoms with Gasteiger partial charge in [-0.2, -0.15) is 0 Å². The molecule has 6 nitrogen and oxygen atoms in total. The number of methoxy groups -OCH3 is 1. The molecule has 28 heavy (non-hydrogen) atoms. The largest absolute Gasteiger partial charge is 0.496 e. The lowest BCUT2D eigenvalue weighted by Crippen LogP contribution is -2.43. The first-order chi connectivity index (χ1) is 13.6.